The lowest BCUT2D eigenvalue weighted by Gasteiger charge is -2.35. The van der Waals surface area contributed by atoms with E-state index < -0.39 is 8.56 Å². The first-order valence-corrected chi connectivity index (χ1v) is 18.0. The summed E-state index contributed by atoms with van der Waals surface area (Å²) >= 11 is 0. The lowest BCUT2D eigenvalue weighted by atomic mass is 10.0. The van der Waals surface area contributed by atoms with Crippen molar-refractivity contribution in [2.45, 2.75) is 142 Å². The molecule has 0 fully saturated rings. The molecule has 38 heavy (non-hydrogen) atoms. The van der Waals surface area contributed by atoms with Crippen LogP contribution in [0.1, 0.15) is 136 Å². The second kappa shape index (κ2) is 21.4. The van der Waals surface area contributed by atoms with Gasteiger partial charge in [-0.3, -0.25) is 0 Å². The van der Waals surface area contributed by atoms with Gasteiger partial charge in [-0.2, -0.15) is 0 Å². The Kier molecular flexibility index (Phi) is 18.5. The van der Waals surface area contributed by atoms with Crippen molar-refractivity contribution in [2.75, 3.05) is 6.61 Å². The molecule has 2 rings (SSSR count). The van der Waals surface area contributed by atoms with Gasteiger partial charge in [0, 0.05) is 12.7 Å². The predicted molar refractivity (Wildman–Crippen MR) is 169 cm³/mol. The summed E-state index contributed by atoms with van der Waals surface area (Å²) < 4.78 is 14.0. The molecule has 2 aromatic carbocycles. The highest BCUT2D eigenvalue weighted by Crippen LogP contribution is 2.19. The second-order valence-electron chi connectivity index (χ2n) is 11.1. The summed E-state index contributed by atoms with van der Waals surface area (Å²) in [5.74, 6) is 0. The van der Waals surface area contributed by atoms with Gasteiger partial charge in [-0.25, -0.2) is 0 Å². The van der Waals surface area contributed by atoms with Crippen molar-refractivity contribution in [3.8, 4) is 0 Å². The molecule has 0 saturated carbocycles. The van der Waals surface area contributed by atoms with Gasteiger partial charge in [0.15, 0.2) is 0 Å². The molecule has 1 unspecified atom stereocenters. The van der Waals surface area contributed by atoms with E-state index in [1.165, 1.54) is 100 Å². The SMILES string of the molecule is CCCCCCCCCCCCCCCCCO[Si](OC(CC)CCC)(c1ccccc1)c1ccccc1. The van der Waals surface area contributed by atoms with Gasteiger partial charge >= 0.3 is 8.56 Å². The van der Waals surface area contributed by atoms with Gasteiger partial charge in [-0.15, -0.1) is 0 Å². The Morgan fingerprint density at radius 2 is 0.947 bits per heavy atom. The van der Waals surface area contributed by atoms with Crippen molar-refractivity contribution < 1.29 is 8.85 Å². The lowest BCUT2D eigenvalue weighted by Crippen LogP contribution is -2.64. The number of hydrogen-bond donors (Lipinski definition) is 0. The van der Waals surface area contributed by atoms with Crippen LogP contribution in [-0.4, -0.2) is 21.3 Å². The molecule has 0 radical (unpaired) electrons. The Hall–Kier alpha value is -1.42. The third kappa shape index (κ3) is 12.6. The Morgan fingerprint density at radius 3 is 1.34 bits per heavy atom. The van der Waals surface area contributed by atoms with Crippen LogP contribution in [0.4, 0.5) is 0 Å². The van der Waals surface area contributed by atoms with Crippen molar-refractivity contribution in [1.29, 1.82) is 0 Å². The van der Waals surface area contributed by atoms with Crippen molar-refractivity contribution in [3.63, 3.8) is 0 Å². The van der Waals surface area contributed by atoms with Crippen molar-refractivity contribution in [1.82, 2.24) is 0 Å². The largest absolute Gasteiger partial charge is 0.407 e. The minimum Gasteiger partial charge on any atom is -0.388 e. The fourth-order valence-electron chi connectivity index (χ4n) is 5.41. The quantitative estimate of drug-likeness (QED) is 0.0978. The number of unbranched alkanes of at least 4 members (excludes halogenated alkanes) is 14. The third-order valence-corrected chi connectivity index (χ3v) is 11.2. The van der Waals surface area contributed by atoms with Crippen molar-refractivity contribution in [2.24, 2.45) is 0 Å². The van der Waals surface area contributed by atoms with Crippen molar-refractivity contribution >= 4 is 18.9 Å². The maximum atomic E-state index is 7.04. The minimum atomic E-state index is -2.78. The molecule has 0 amide bonds. The first kappa shape index (κ1) is 32.8. The van der Waals surface area contributed by atoms with Crippen LogP contribution in [0.15, 0.2) is 60.7 Å². The van der Waals surface area contributed by atoms with Gasteiger partial charge in [0.2, 0.25) is 0 Å². The molecule has 3 heteroatoms. The summed E-state index contributed by atoms with van der Waals surface area (Å²) in [6.45, 7) is 7.56. The zero-order valence-electron chi connectivity index (χ0n) is 25.1. The van der Waals surface area contributed by atoms with E-state index in [2.05, 4.69) is 81.4 Å². The summed E-state index contributed by atoms with van der Waals surface area (Å²) in [6, 6.07) is 21.5. The van der Waals surface area contributed by atoms with Gasteiger partial charge in [0.1, 0.15) is 0 Å². The monoisotopic (exact) mass is 538 g/mol. The smallest absolute Gasteiger partial charge is 0.388 e. The second-order valence-corrected chi connectivity index (χ2v) is 14.0. The van der Waals surface area contributed by atoms with Gasteiger partial charge < -0.3 is 8.85 Å². The maximum absolute atomic E-state index is 7.04. The molecular weight excluding hydrogens is 480 g/mol. The topological polar surface area (TPSA) is 18.5 Å². The van der Waals surface area contributed by atoms with E-state index in [1.54, 1.807) is 0 Å². The van der Waals surface area contributed by atoms with E-state index in [0.717, 1.165) is 32.3 Å². The molecule has 0 aliphatic carbocycles. The van der Waals surface area contributed by atoms with Gasteiger partial charge in [-0.1, -0.05) is 178 Å². The standard InChI is InChI=1S/C35H58O2Si/c1-4-7-8-9-10-11-12-13-14-15-16-17-18-19-26-32-36-38(34-28-22-20-23-29-34,35-30-24-21-25-31-35)37-33(6-3)27-5-2/h20-25,28-31,33H,4-19,26-27,32H2,1-3H3. The van der Waals surface area contributed by atoms with Gasteiger partial charge in [0.25, 0.3) is 0 Å². The molecule has 1 atom stereocenters. The predicted octanol–water partition coefficient (Wildman–Crippen LogP) is 9.73. The number of benzene rings is 2. The van der Waals surface area contributed by atoms with Crippen LogP contribution in [0, 0.1) is 0 Å². The average molecular weight is 539 g/mol. The molecule has 0 aromatic heterocycles. The molecule has 0 N–H and O–H groups in total. The Morgan fingerprint density at radius 1 is 0.526 bits per heavy atom. The zero-order chi connectivity index (χ0) is 27.2. The van der Waals surface area contributed by atoms with Crippen LogP contribution in [-0.2, 0) is 8.85 Å². The lowest BCUT2D eigenvalue weighted by molar-refractivity contribution is 0.119. The van der Waals surface area contributed by atoms with E-state index >= 15 is 0 Å². The highest BCUT2D eigenvalue weighted by atomic mass is 28.4. The van der Waals surface area contributed by atoms with Crippen molar-refractivity contribution in [3.05, 3.63) is 60.7 Å². The summed E-state index contributed by atoms with van der Waals surface area (Å²) in [5.41, 5.74) is 0. The molecule has 0 aliphatic heterocycles. The molecule has 0 aliphatic rings. The van der Waals surface area contributed by atoms with E-state index in [-0.39, 0.29) is 6.10 Å². The van der Waals surface area contributed by atoms with Crippen LogP contribution < -0.4 is 10.4 Å². The van der Waals surface area contributed by atoms with Gasteiger partial charge in [0.05, 0.1) is 0 Å². The van der Waals surface area contributed by atoms with Crippen LogP contribution in [0.5, 0.6) is 0 Å². The van der Waals surface area contributed by atoms with E-state index in [9.17, 15) is 0 Å². The van der Waals surface area contributed by atoms with Crippen LogP contribution in [0.3, 0.4) is 0 Å². The molecule has 0 spiro atoms. The summed E-state index contributed by atoms with van der Waals surface area (Å²) in [5, 5.41) is 2.45. The Labute approximate surface area is 237 Å². The normalized spacial score (nSPS) is 12.6. The molecule has 0 bridgehead atoms. The van der Waals surface area contributed by atoms with Gasteiger partial charge in [-0.05, 0) is 29.6 Å². The number of hydrogen-bond acceptors (Lipinski definition) is 2. The fourth-order valence-corrected chi connectivity index (χ4v) is 8.87. The summed E-state index contributed by atoms with van der Waals surface area (Å²) in [6.07, 6.45) is 24.1. The van der Waals surface area contributed by atoms with E-state index in [1.807, 2.05) is 0 Å². The highest BCUT2D eigenvalue weighted by Gasteiger charge is 2.44. The van der Waals surface area contributed by atoms with Crippen LogP contribution >= 0.6 is 0 Å². The average Bonchev–Trinajstić information content (AvgIpc) is 2.96. The molecular formula is C35H58O2Si. The molecule has 2 nitrogen and oxygen atoms in total. The summed E-state index contributed by atoms with van der Waals surface area (Å²) in [4.78, 5) is 0. The minimum absolute atomic E-state index is 0.230. The molecule has 2 aromatic rings. The fraction of sp³-hybridized carbons (Fsp3) is 0.657. The highest BCUT2D eigenvalue weighted by molar-refractivity contribution is 6.92. The zero-order valence-corrected chi connectivity index (χ0v) is 26.1. The molecule has 214 valence electrons. The Bertz CT molecular complexity index is 740. The Balaban J connectivity index is 1.77. The van der Waals surface area contributed by atoms with Crippen LogP contribution in [0.25, 0.3) is 0 Å². The van der Waals surface area contributed by atoms with E-state index in [0.29, 0.717) is 0 Å². The molecule has 0 heterocycles. The molecule has 0 saturated heterocycles. The van der Waals surface area contributed by atoms with E-state index in [4.69, 9.17) is 8.85 Å². The number of rotatable bonds is 24. The first-order valence-electron chi connectivity index (χ1n) is 16.2. The first-order chi connectivity index (χ1) is 18.8. The summed E-state index contributed by atoms with van der Waals surface area (Å²) in [7, 11) is -2.78. The maximum Gasteiger partial charge on any atom is 0.407 e. The van der Waals surface area contributed by atoms with Crippen LogP contribution in [0.2, 0.25) is 0 Å². The third-order valence-electron chi connectivity index (χ3n) is 7.76.